The van der Waals surface area contributed by atoms with Crippen LogP contribution in [0.2, 0.25) is 0 Å². The van der Waals surface area contributed by atoms with Gasteiger partial charge >= 0.3 is 0 Å². The summed E-state index contributed by atoms with van der Waals surface area (Å²) in [6.45, 7) is 7.26. The topological polar surface area (TPSA) is 59.5 Å². The summed E-state index contributed by atoms with van der Waals surface area (Å²) >= 11 is 0. The lowest BCUT2D eigenvalue weighted by atomic mass is 10.0. The summed E-state index contributed by atoms with van der Waals surface area (Å²) in [5.41, 5.74) is 6.56. The zero-order chi connectivity index (χ0) is 12.6. The molecule has 0 spiro atoms. The van der Waals surface area contributed by atoms with Crippen molar-refractivity contribution >= 4 is 18.3 Å². The number of rotatable bonds is 2. The molecule has 4 nitrogen and oxygen atoms in total. The monoisotopic (exact) mass is 272 g/mol. The van der Waals surface area contributed by atoms with Gasteiger partial charge in [0.25, 0.3) is 5.91 Å². The fourth-order valence-corrected chi connectivity index (χ4v) is 2.41. The quantitative estimate of drug-likeness (QED) is 0.897. The molecule has 18 heavy (non-hydrogen) atoms. The Kier molecular flexibility index (Phi) is 4.82. The van der Waals surface area contributed by atoms with Crippen LogP contribution in [0.1, 0.15) is 35.2 Å². The molecular weight excluding hydrogens is 252 g/mol. The molecule has 2 unspecified atom stereocenters. The molecule has 0 aromatic carbocycles. The summed E-state index contributed by atoms with van der Waals surface area (Å²) in [4.78, 5) is 14.2. The molecule has 1 aromatic heterocycles. The first-order valence-corrected chi connectivity index (χ1v) is 6.11. The first kappa shape index (κ1) is 15.1. The number of likely N-dealkylation sites (tertiary alicyclic amines) is 1. The highest BCUT2D eigenvalue weighted by Gasteiger charge is 2.30. The number of carbonyl (C=O) groups is 1. The van der Waals surface area contributed by atoms with Crippen LogP contribution in [0, 0.1) is 19.8 Å². The van der Waals surface area contributed by atoms with Gasteiger partial charge in [-0.1, -0.05) is 0 Å². The van der Waals surface area contributed by atoms with E-state index in [1.54, 1.807) is 0 Å². The first-order chi connectivity index (χ1) is 7.99. The molecule has 1 aromatic rings. The Morgan fingerprint density at radius 2 is 2.22 bits per heavy atom. The van der Waals surface area contributed by atoms with Crippen LogP contribution in [-0.2, 0) is 0 Å². The van der Waals surface area contributed by atoms with Gasteiger partial charge in [0.05, 0.1) is 5.56 Å². The highest BCUT2D eigenvalue weighted by Crippen LogP contribution is 2.23. The largest absolute Gasteiger partial charge is 0.466 e. The van der Waals surface area contributed by atoms with Crippen LogP contribution in [0.15, 0.2) is 10.5 Å². The minimum atomic E-state index is 0. The summed E-state index contributed by atoms with van der Waals surface area (Å²) in [7, 11) is 0. The van der Waals surface area contributed by atoms with Gasteiger partial charge < -0.3 is 15.1 Å². The number of nitrogens with zero attached hydrogens (tertiary/aromatic N) is 1. The van der Waals surface area contributed by atoms with Crippen molar-refractivity contribution in [3.63, 3.8) is 0 Å². The maximum absolute atomic E-state index is 12.3. The molecule has 0 radical (unpaired) electrons. The van der Waals surface area contributed by atoms with E-state index >= 15 is 0 Å². The molecule has 1 saturated heterocycles. The summed E-state index contributed by atoms with van der Waals surface area (Å²) in [6.07, 6.45) is 0.999. The second kappa shape index (κ2) is 5.76. The predicted molar refractivity (Wildman–Crippen MR) is 73.1 cm³/mol. The summed E-state index contributed by atoms with van der Waals surface area (Å²) in [5, 5.41) is 0. The zero-order valence-corrected chi connectivity index (χ0v) is 11.9. The van der Waals surface area contributed by atoms with Crippen molar-refractivity contribution in [1.29, 1.82) is 0 Å². The molecule has 1 fully saturated rings. The SMILES string of the molecule is Cc1cc(C(=O)N2CCC(C(C)N)C2)c(C)o1.Cl. The Labute approximate surface area is 114 Å². The molecule has 1 aliphatic heterocycles. The number of carbonyl (C=O) groups excluding carboxylic acids is 1. The Balaban J connectivity index is 0.00000162. The summed E-state index contributed by atoms with van der Waals surface area (Å²) in [6, 6.07) is 1.97. The standard InChI is InChI=1S/C13H20N2O2.ClH/c1-8-6-12(10(3)17-8)13(16)15-5-4-11(7-15)9(2)14;/h6,9,11H,4-5,7,14H2,1-3H3;1H. The third-order valence-corrected chi connectivity index (χ3v) is 3.53. The molecule has 5 heteroatoms. The van der Waals surface area contributed by atoms with Crippen LogP contribution >= 0.6 is 12.4 Å². The van der Waals surface area contributed by atoms with E-state index in [0.717, 1.165) is 25.3 Å². The van der Waals surface area contributed by atoms with Gasteiger partial charge in [0.1, 0.15) is 11.5 Å². The molecular formula is C13H21ClN2O2. The molecule has 2 N–H and O–H groups in total. The Hall–Kier alpha value is -1.000. The highest BCUT2D eigenvalue weighted by molar-refractivity contribution is 5.95. The number of nitrogens with two attached hydrogens (primary N) is 1. The minimum Gasteiger partial charge on any atom is -0.466 e. The fourth-order valence-electron chi connectivity index (χ4n) is 2.41. The van der Waals surface area contributed by atoms with Crippen molar-refractivity contribution in [2.24, 2.45) is 11.7 Å². The molecule has 1 amide bonds. The number of hydrogen-bond acceptors (Lipinski definition) is 3. The first-order valence-electron chi connectivity index (χ1n) is 6.11. The van der Waals surface area contributed by atoms with E-state index in [-0.39, 0.29) is 24.4 Å². The van der Waals surface area contributed by atoms with E-state index < -0.39 is 0 Å². The minimum absolute atomic E-state index is 0. The number of furan rings is 1. The van der Waals surface area contributed by atoms with Crippen molar-refractivity contribution in [2.45, 2.75) is 33.2 Å². The van der Waals surface area contributed by atoms with E-state index in [0.29, 0.717) is 17.2 Å². The highest BCUT2D eigenvalue weighted by atomic mass is 35.5. The van der Waals surface area contributed by atoms with Crippen LogP contribution in [0.25, 0.3) is 0 Å². The lowest BCUT2D eigenvalue weighted by Crippen LogP contribution is -2.33. The molecule has 0 bridgehead atoms. The third kappa shape index (κ3) is 2.87. The van der Waals surface area contributed by atoms with E-state index in [1.807, 2.05) is 31.7 Å². The molecule has 2 rings (SSSR count). The van der Waals surface area contributed by atoms with Gasteiger partial charge in [-0.2, -0.15) is 0 Å². The normalized spacial score (nSPS) is 20.7. The van der Waals surface area contributed by atoms with Crippen molar-refractivity contribution in [3.05, 3.63) is 23.2 Å². The number of aryl methyl sites for hydroxylation is 2. The summed E-state index contributed by atoms with van der Waals surface area (Å²) < 4.78 is 5.40. The van der Waals surface area contributed by atoms with Crippen LogP contribution in [0.5, 0.6) is 0 Å². The average Bonchev–Trinajstić information content (AvgIpc) is 2.84. The number of amides is 1. The van der Waals surface area contributed by atoms with Gasteiger partial charge in [-0.25, -0.2) is 0 Å². The fraction of sp³-hybridized carbons (Fsp3) is 0.615. The predicted octanol–water partition coefficient (Wildman–Crippen LogP) is 2.13. The Morgan fingerprint density at radius 3 is 2.67 bits per heavy atom. The van der Waals surface area contributed by atoms with Gasteiger partial charge in [0.15, 0.2) is 0 Å². The number of halogens is 1. The lowest BCUT2D eigenvalue weighted by molar-refractivity contribution is 0.0784. The van der Waals surface area contributed by atoms with E-state index in [2.05, 4.69) is 0 Å². The molecule has 2 atom stereocenters. The van der Waals surface area contributed by atoms with Crippen LogP contribution in [0.3, 0.4) is 0 Å². The Bertz CT molecular complexity index is 429. The van der Waals surface area contributed by atoms with Crippen LogP contribution in [0.4, 0.5) is 0 Å². The second-order valence-electron chi connectivity index (χ2n) is 4.99. The van der Waals surface area contributed by atoms with Crippen molar-refractivity contribution in [1.82, 2.24) is 4.90 Å². The van der Waals surface area contributed by atoms with Crippen LogP contribution < -0.4 is 5.73 Å². The second-order valence-corrected chi connectivity index (χ2v) is 4.99. The molecule has 0 aliphatic carbocycles. The maximum Gasteiger partial charge on any atom is 0.257 e. The Morgan fingerprint density at radius 1 is 1.56 bits per heavy atom. The zero-order valence-electron chi connectivity index (χ0n) is 11.1. The maximum atomic E-state index is 12.3. The smallest absolute Gasteiger partial charge is 0.257 e. The molecule has 1 aliphatic rings. The van der Waals surface area contributed by atoms with Gasteiger partial charge in [-0.15, -0.1) is 12.4 Å². The van der Waals surface area contributed by atoms with E-state index in [4.69, 9.17) is 10.2 Å². The lowest BCUT2D eigenvalue weighted by Gasteiger charge is -2.17. The van der Waals surface area contributed by atoms with E-state index in [9.17, 15) is 4.79 Å². The number of hydrogen-bond donors (Lipinski definition) is 1. The van der Waals surface area contributed by atoms with Gasteiger partial charge in [-0.3, -0.25) is 4.79 Å². The van der Waals surface area contributed by atoms with Gasteiger partial charge in [0.2, 0.25) is 0 Å². The molecule has 2 heterocycles. The van der Waals surface area contributed by atoms with Crippen molar-refractivity contribution in [3.8, 4) is 0 Å². The third-order valence-electron chi connectivity index (χ3n) is 3.53. The summed E-state index contributed by atoms with van der Waals surface area (Å²) in [5.74, 6) is 1.99. The van der Waals surface area contributed by atoms with E-state index in [1.165, 1.54) is 0 Å². The van der Waals surface area contributed by atoms with Crippen LogP contribution in [-0.4, -0.2) is 29.9 Å². The molecule has 102 valence electrons. The van der Waals surface area contributed by atoms with Gasteiger partial charge in [-0.05, 0) is 39.2 Å². The average molecular weight is 273 g/mol. The van der Waals surface area contributed by atoms with Crippen molar-refractivity contribution in [2.75, 3.05) is 13.1 Å². The van der Waals surface area contributed by atoms with Gasteiger partial charge in [0, 0.05) is 19.1 Å². The van der Waals surface area contributed by atoms with Crippen molar-refractivity contribution < 1.29 is 9.21 Å². The molecule has 0 saturated carbocycles.